The van der Waals surface area contributed by atoms with Crippen LogP contribution in [0.25, 0.3) is 0 Å². The lowest BCUT2D eigenvalue weighted by molar-refractivity contribution is -0.191. The summed E-state index contributed by atoms with van der Waals surface area (Å²) < 4.78 is 56.0. The molecule has 0 saturated carbocycles. The maximum atomic E-state index is 15.3. The van der Waals surface area contributed by atoms with Crippen molar-refractivity contribution in [2.75, 3.05) is 46.9 Å². The van der Waals surface area contributed by atoms with Crippen molar-refractivity contribution in [3.8, 4) is 0 Å². The van der Waals surface area contributed by atoms with Crippen LogP contribution in [-0.2, 0) is 34.2 Å². The average molecular weight is 618 g/mol. The van der Waals surface area contributed by atoms with Gasteiger partial charge in [0, 0.05) is 36.1 Å². The number of hydrogen-bond donors (Lipinski definition) is 1. The molecule has 43 heavy (non-hydrogen) atoms. The fourth-order valence-corrected chi connectivity index (χ4v) is 6.71. The number of thioether (sulfide) groups is 1. The number of nitrogens with zero attached hydrogens (tertiary/aromatic N) is 3. The van der Waals surface area contributed by atoms with Crippen LogP contribution in [-0.4, -0.2) is 91.2 Å². The Morgan fingerprint density at radius 3 is 2.81 bits per heavy atom. The molecule has 14 heteroatoms. The van der Waals surface area contributed by atoms with Crippen molar-refractivity contribution >= 4 is 23.8 Å². The number of rotatable bonds is 7. The second kappa shape index (κ2) is 12.5. The summed E-state index contributed by atoms with van der Waals surface area (Å²) in [4.78, 5) is 28.3. The van der Waals surface area contributed by atoms with E-state index < -0.39 is 48.8 Å². The van der Waals surface area contributed by atoms with E-state index in [0.29, 0.717) is 5.56 Å². The molecule has 2 saturated heterocycles. The van der Waals surface area contributed by atoms with Crippen molar-refractivity contribution in [3.63, 3.8) is 0 Å². The molecule has 6 rings (SSSR count). The second-order valence-electron chi connectivity index (χ2n) is 9.93. The molecule has 2 aromatic carbocycles. The molecule has 0 radical (unpaired) electrons. The summed E-state index contributed by atoms with van der Waals surface area (Å²) in [5, 5.41) is 14.3. The third-order valence-corrected chi connectivity index (χ3v) is 8.65. The van der Waals surface area contributed by atoms with Gasteiger partial charge in [-0.2, -0.15) is 5.01 Å². The number of carbonyl (C=O) groups excluding carboxylic acids is 2. The van der Waals surface area contributed by atoms with Crippen LogP contribution in [0.4, 0.5) is 13.6 Å². The van der Waals surface area contributed by atoms with Crippen LogP contribution in [0.1, 0.15) is 22.7 Å². The molecule has 4 aliphatic rings. The van der Waals surface area contributed by atoms with Gasteiger partial charge < -0.3 is 33.7 Å². The molecule has 4 heterocycles. The molecule has 2 fully saturated rings. The minimum Gasteiger partial charge on any atom is -0.456 e. The first kappa shape index (κ1) is 29.4. The zero-order valence-electron chi connectivity index (χ0n) is 23.1. The minimum atomic E-state index is -1.33. The molecule has 1 N–H and O–H groups in total. The highest BCUT2D eigenvalue weighted by molar-refractivity contribution is 7.98. The number of hydrazine groups is 1. The summed E-state index contributed by atoms with van der Waals surface area (Å²) in [6, 6.07) is 9.56. The van der Waals surface area contributed by atoms with Crippen molar-refractivity contribution in [1.82, 2.24) is 14.9 Å². The molecule has 228 valence electrons. The van der Waals surface area contributed by atoms with Gasteiger partial charge in [0.05, 0.1) is 25.9 Å². The van der Waals surface area contributed by atoms with Crippen molar-refractivity contribution in [3.05, 3.63) is 88.5 Å². The van der Waals surface area contributed by atoms with E-state index in [1.54, 1.807) is 16.0 Å². The Labute approximate surface area is 250 Å². The number of hydrogen-bond acceptors (Lipinski definition) is 11. The summed E-state index contributed by atoms with van der Waals surface area (Å²) in [5.41, 5.74) is 1.55. The van der Waals surface area contributed by atoms with Crippen LogP contribution >= 0.6 is 11.8 Å². The SMILES string of the molecule is COCCOC(=O)OCOC1=C2C(=O)N3CCOC[C@H]3N([C@@H]3c4ccccc4SCc4c3ccc(F)c4F)N2C=CC1O. The van der Waals surface area contributed by atoms with Crippen LogP contribution in [0.3, 0.4) is 0 Å². The number of fused-ring (bicyclic) bond motifs is 4. The van der Waals surface area contributed by atoms with Gasteiger partial charge in [-0.3, -0.25) is 9.80 Å². The molecule has 0 bridgehead atoms. The lowest BCUT2D eigenvalue weighted by Crippen LogP contribution is -2.68. The monoisotopic (exact) mass is 617 g/mol. The minimum absolute atomic E-state index is 0.0111. The summed E-state index contributed by atoms with van der Waals surface area (Å²) in [7, 11) is 1.46. The van der Waals surface area contributed by atoms with Gasteiger partial charge in [0.15, 0.2) is 23.1 Å². The Morgan fingerprint density at radius 1 is 1.14 bits per heavy atom. The summed E-state index contributed by atoms with van der Waals surface area (Å²) in [6.45, 7) is 0.170. The average Bonchev–Trinajstić information content (AvgIpc) is 3.18. The number of amides is 1. The van der Waals surface area contributed by atoms with Crippen molar-refractivity contribution in [1.29, 1.82) is 0 Å². The van der Waals surface area contributed by atoms with E-state index in [1.165, 1.54) is 31.1 Å². The number of aliphatic hydroxyl groups is 1. The molecule has 0 aromatic heterocycles. The van der Waals surface area contributed by atoms with Crippen LogP contribution < -0.4 is 0 Å². The maximum Gasteiger partial charge on any atom is 0.511 e. The van der Waals surface area contributed by atoms with E-state index >= 15 is 4.39 Å². The van der Waals surface area contributed by atoms with Gasteiger partial charge in [0.2, 0.25) is 6.79 Å². The Bertz CT molecular complexity index is 1470. The van der Waals surface area contributed by atoms with Crippen LogP contribution in [0.15, 0.2) is 65.0 Å². The van der Waals surface area contributed by atoms with Crippen LogP contribution in [0, 0.1) is 11.6 Å². The number of halogens is 2. The lowest BCUT2D eigenvalue weighted by Gasteiger charge is -2.55. The van der Waals surface area contributed by atoms with Gasteiger partial charge in [-0.1, -0.05) is 24.3 Å². The topological polar surface area (TPSA) is 110 Å². The van der Waals surface area contributed by atoms with Crippen molar-refractivity contribution in [2.24, 2.45) is 0 Å². The van der Waals surface area contributed by atoms with E-state index in [4.69, 9.17) is 23.7 Å². The van der Waals surface area contributed by atoms with Gasteiger partial charge in [-0.15, -0.1) is 11.8 Å². The fraction of sp³-hybridized carbons (Fsp3) is 0.379. The molecular weight excluding hydrogens is 588 g/mol. The second-order valence-corrected chi connectivity index (χ2v) is 11.0. The quantitative estimate of drug-likeness (QED) is 0.281. The zero-order chi connectivity index (χ0) is 30.1. The Hall–Kier alpha value is -3.69. The molecule has 1 amide bonds. The molecule has 3 atom stereocenters. The Balaban J connectivity index is 1.43. The number of benzene rings is 2. The summed E-state index contributed by atoms with van der Waals surface area (Å²) in [5.74, 6) is -2.25. The molecule has 0 aliphatic carbocycles. The highest BCUT2D eigenvalue weighted by atomic mass is 32.2. The molecular formula is C29H29F2N3O8S. The van der Waals surface area contributed by atoms with Gasteiger partial charge in [-0.25, -0.2) is 13.6 Å². The molecule has 2 aromatic rings. The largest absolute Gasteiger partial charge is 0.511 e. The van der Waals surface area contributed by atoms with E-state index in [1.807, 2.05) is 29.3 Å². The van der Waals surface area contributed by atoms with E-state index in [2.05, 4.69) is 0 Å². The molecule has 1 unspecified atom stereocenters. The summed E-state index contributed by atoms with van der Waals surface area (Å²) in [6.07, 6.45) is -0.0298. The predicted octanol–water partition coefficient (Wildman–Crippen LogP) is 3.25. The smallest absolute Gasteiger partial charge is 0.456 e. The predicted molar refractivity (Wildman–Crippen MR) is 147 cm³/mol. The lowest BCUT2D eigenvalue weighted by atomic mass is 9.92. The highest BCUT2D eigenvalue weighted by Gasteiger charge is 2.50. The summed E-state index contributed by atoms with van der Waals surface area (Å²) >= 11 is 1.40. The number of aliphatic hydroxyl groups excluding tert-OH is 1. The first-order chi connectivity index (χ1) is 20.9. The number of ether oxygens (including phenoxy) is 5. The van der Waals surface area contributed by atoms with Crippen LogP contribution in [0.5, 0.6) is 0 Å². The molecule has 4 aliphatic heterocycles. The number of methoxy groups -OCH3 is 1. The number of carbonyl (C=O) groups is 2. The van der Waals surface area contributed by atoms with Crippen molar-refractivity contribution in [2.45, 2.75) is 29.0 Å². The third kappa shape index (κ3) is 5.45. The van der Waals surface area contributed by atoms with Gasteiger partial charge in [-0.05, 0) is 29.3 Å². The number of morpholine rings is 1. The van der Waals surface area contributed by atoms with Crippen LogP contribution in [0.2, 0.25) is 0 Å². The Morgan fingerprint density at radius 2 is 1.98 bits per heavy atom. The standard InChI is InChI=1S/C29H29F2N3O8S/c1-38-12-13-40-29(37)42-16-41-27-21(35)8-9-33-26(27)28(36)32-10-11-39-14-23(32)34(33)25-17-6-7-20(30)24(31)19(17)15-43-22-5-3-2-4-18(22)25/h2-9,21,23,25,35H,10-16H2,1H3/t21?,23-,25+/m1/s1. The third-order valence-electron chi connectivity index (χ3n) is 7.54. The van der Waals surface area contributed by atoms with Gasteiger partial charge in [0.25, 0.3) is 5.91 Å². The first-order valence-corrected chi connectivity index (χ1v) is 14.6. The van der Waals surface area contributed by atoms with E-state index in [0.717, 1.165) is 16.5 Å². The fourth-order valence-electron chi connectivity index (χ4n) is 5.59. The maximum absolute atomic E-state index is 15.3. The zero-order valence-corrected chi connectivity index (χ0v) is 23.9. The van der Waals surface area contributed by atoms with Crippen molar-refractivity contribution < 1.29 is 47.2 Å². The highest BCUT2D eigenvalue weighted by Crippen LogP contribution is 2.47. The molecule has 0 spiro atoms. The van der Waals surface area contributed by atoms with E-state index in [-0.39, 0.29) is 55.7 Å². The first-order valence-electron chi connectivity index (χ1n) is 13.6. The molecule has 11 nitrogen and oxygen atoms in total. The Kier molecular flexibility index (Phi) is 8.54. The normalized spacial score (nSPS) is 23.2. The van der Waals surface area contributed by atoms with Gasteiger partial charge >= 0.3 is 6.16 Å². The van der Waals surface area contributed by atoms with Gasteiger partial charge in [0.1, 0.15) is 18.9 Å². The van der Waals surface area contributed by atoms with E-state index in [9.17, 15) is 19.1 Å².